The van der Waals surface area contributed by atoms with Crippen LogP contribution in [0.15, 0.2) is 43.0 Å². The molecule has 7 heteroatoms. The third-order valence-corrected chi connectivity index (χ3v) is 5.07. The normalized spacial score (nSPS) is 22.8. The third-order valence-electron chi connectivity index (χ3n) is 5.07. The molecule has 3 aromatic rings. The summed E-state index contributed by atoms with van der Waals surface area (Å²) in [4.78, 5) is 16.8. The lowest BCUT2D eigenvalue weighted by Crippen LogP contribution is -2.41. The molecule has 0 saturated heterocycles. The molecular weight excluding hydrogens is 330 g/mol. The maximum Gasteiger partial charge on any atom is 0.240 e. The first-order valence-corrected chi connectivity index (χ1v) is 8.95. The van der Waals surface area contributed by atoms with Crippen LogP contribution in [-0.4, -0.2) is 42.5 Å². The minimum Gasteiger partial charge on any atom is -0.391 e. The topological polar surface area (TPSA) is 85.0 Å². The lowest BCUT2D eigenvalue weighted by atomic mass is 10.1. The fourth-order valence-electron chi connectivity index (χ4n) is 3.80. The first-order valence-electron chi connectivity index (χ1n) is 8.95. The maximum atomic E-state index is 12.5. The molecule has 2 heterocycles. The zero-order valence-corrected chi connectivity index (χ0v) is 14.7. The molecule has 7 nitrogen and oxygen atoms in total. The maximum absolute atomic E-state index is 12.5. The van der Waals surface area contributed by atoms with Crippen molar-refractivity contribution in [3.05, 3.63) is 48.5 Å². The summed E-state index contributed by atoms with van der Waals surface area (Å²) in [6.07, 6.45) is 6.29. The van der Waals surface area contributed by atoms with Crippen LogP contribution in [0.3, 0.4) is 0 Å². The van der Waals surface area contributed by atoms with Crippen LogP contribution < -0.4 is 5.32 Å². The van der Waals surface area contributed by atoms with Gasteiger partial charge in [0.1, 0.15) is 6.54 Å². The van der Waals surface area contributed by atoms with Gasteiger partial charge in [0, 0.05) is 18.9 Å². The van der Waals surface area contributed by atoms with E-state index in [9.17, 15) is 9.90 Å². The van der Waals surface area contributed by atoms with Crippen molar-refractivity contribution >= 4 is 16.9 Å². The average molecular weight is 353 g/mol. The quantitative estimate of drug-likeness (QED) is 0.728. The molecule has 1 aliphatic rings. The third kappa shape index (κ3) is 3.48. The Hall–Kier alpha value is -2.67. The van der Waals surface area contributed by atoms with Gasteiger partial charge in [-0.05, 0) is 49.4 Å². The number of benzene rings is 1. The number of fused-ring (bicyclic) bond motifs is 1. The van der Waals surface area contributed by atoms with Crippen molar-refractivity contribution in [1.82, 2.24) is 24.6 Å². The highest BCUT2D eigenvalue weighted by atomic mass is 16.3. The smallest absolute Gasteiger partial charge is 0.240 e. The fourth-order valence-corrected chi connectivity index (χ4v) is 3.80. The van der Waals surface area contributed by atoms with E-state index in [4.69, 9.17) is 0 Å². The van der Waals surface area contributed by atoms with E-state index in [1.807, 2.05) is 46.6 Å². The number of aromatic nitrogens is 4. The Bertz CT molecular complexity index is 902. The van der Waals surface area contributed by atoms with Crippen molar-refractivity contribution in [3.63, 3.8) is 0 Å². The summed E-state index contributed by atoms with van der Waals surface area (Å²) in [7, 11) is 0. The monoisotopic (exact) mass is 353 g/mol. The van der Waals surface area contributed by atoms with Gasteiger partial charge in [0.2, 0.25) is 5.91 Å². The molecule has 1 saturated carbocycles. The second-order valence-corrected chi connectivity index (χ2v) is 7.17. The lowest BCUT2D eigenvalue weighted by molar-refractivity contribution is -0.122. The Morgan fingerprint density at radius 2 is 2.27 bits per heavy atom. The van der Waals surface area contributed by atoms with Gasteiger partial charge in [-0.25, -0.2) is 4.98 Å². The minimum atomic E-state index is -0.512. The molecule has 1 unspecified atom stereocenters. The molecule has 0 aliphatic heterocycles. The highest BCUT2D eigenvalue weighted by Gasteiger charge is 2.34. The first-order chi connectivity index (χ1) is 12.6. The number of aryl methyl sites for hydroxylation is 1. The standard InChI is InChI=1S/C19H23N5O2/c1-13-3-4-17-15(7-13)20-12-23(17)11-19(26)22-16-8-14(9-18(16)25)10-24-6-2-5-21-24/h2-7,12,14,16,18,25H,8-11H2,1H3,(H,22,26)/t14?,16-,18-/m1/s1. The summed E-state index contributed by atoms with van der Waals surface area (Å²) in [6.45, 7) is 2.99. The summed E-state index contributed by atoms with van der Waals surface area (Å²) in [5, 5.41) is 17.5. The minimum absolute atomic E-state index is 0.103. The van der Waals surface area contributed by atoms with Crippen LogP contribution in [0.2, 0.25) is 0 Å². The molecule has 1 aromatic carbocycles. The zero-order valence-electron chi connectivity index (χ0n) is 14.7. The van der Waals surface area contributed by atoms with E-state index in [-0.39, 0.29) is 18.5 Å². The number of carbonyl (C=O) groups excluding carboxylic acids is 1. The molecule has 136 valence electrons. The van der Waals surface area contributed by atoms with E-state index in [0.29, 0.717) is 12.3 Å². The van der Waals surface area contributed by atoms with E-state index in [0.717, 1.165) is 29.6 Å². The fraction of sp³-hybridized carbons (Fsp3) is 0.421. The Kier molecular flexibility index (Phi) is 4.46. The number of aliphatic hydroxyl groups is 1. The highest BCUT2D eigenvalue weighted by Crippen LogP contribution is 2.27. The van der Waals surface area contributed by atoms with Crippen molar-refractivity contribution in [2.24, 2.45) is 5.92 Å². The number of nitrogens with zero attached hydrogens (tertiary/aromatic N) is 4. The molecule has 1 amide bonds. The SMILES string of the molecule is Cc1ccc2c(c1)ncn2CC(=O)N[C@@H]1CC(Cn2cccn2)C[C@H]1O. The molecular formula is C19H23N5O2. The molecule has 2 N–H and O–H groups in total. The van der Waals surface area contributed by atoms with E-state index >= 15 is 0 Å². The largest absolute Gasteiger partial charge is 0.391 e. The number of imidazole rings is 1. The second kappa shape index (κ2) is 6.92. The summed E-state index contributed by atoms with van der Waals surface area (Å²) in [5.41, 5.74) is 2.97. The first kappa shape index (κ1) is 16.8. The molecule has 1 aliphatic carbocycles. The van der Waals surface area contributed by atoms with E-state index < -0.39 is 6.10 Å². The number of carbonyl (C=O) groups is 1. The molecule has 2 aromatic heterocycles. The zero-order chi connectivity index (χ0) is 18.1. The summed E-state index contributed by atoms with van der Waals surface area (Å²) < 4.78 is 3.72. The van der Waals surface area contributed by atoms with Crippen LogP contribution in [0.4, 0.5) is 0 Å². The molecule has 0 spiro atoms. The Morgan fingerprint density at radius 1 is 1.38 bits per heavy atom. The van der Waals surface area contributed by atoms with Crippen LogP contribution in [0.1, 0.15) is 18.4 Å². The predicted molar refractivity (Wildman–Crippen MR) is 97.4 cm³/mol. The summed E-state index contributed by atoms with van der Waals surface area (Å²) in [5.74, 6) is 0.209. The Morgan fingerprint density at radius 3 is 3.08 bits per heavy atom. The van der Waals surface area contributed by atoms with E-state index in [1.54, 1.807) is 12.5 Å². The van der Waals surface area contributed by atoms with Gasteiger partial charge in [0.25, 0.3) is 0 Å². The van der Waals surface area contributed by atoms with Gasteiger partial charge in [-0.15, -0.1) is 0 Å². The van der Waals surface area contributed by atoms with Crippen molar-refractivity contribution in [1.29, 1.82) is 0 Å². The summed E-state index contributed by atoms with van der Waals surface area (Å²) in [6, 6.07) is 7.68. The average Bonchev–Trinajstić information content (AvgIpc) is 3.31. The van der Waals surface area contributed by atoms with E-state index in [1.165, 1.54) is 0 Å². The van der Waals surface area contributed by atoms with Crippen LogP contribution >= 0.6 is 0 Å². The van der Waals surface area contributed by atoms with Gasteiger partial charge >= 0.3 is 0 Å². The number of hydrogen-bond acceptors (Lipinski definition) is 4. The van der Waals surface area contributed by atoms with Crippen molar-refractivity contribution in [3.8, 4) is 0 Å². The highest BCUT2D eigenvalue weighted by molar-refractivity contribution is 5.81. The number of aliphatic hydroxyl groups excluding tert-OH is 1. The van der Waals surface area contributed by atoms with Crippen LogP contribution in [0, 0.1) is 12.8 Å². The molecule has 1 fully saturated rings. The lowest BCUT2D eigenvalue weighted by Gasteiger charge is -2.17. The van der Waals surface area contributed by atoms with Crippen LogP contribution in [0.5, 0.6) is 0 Å². The Labute approximate surface area is 151 Å². The number of amides is 1. The van der Waals surface area contributed by atoms with Crippen molar-refractivity contribution in [2.75, 3.05) is 0 Å². The summed E-state index contributed by atoms with van der Waals surface area (Å²) >= 11 is 0. The molecule has 26 heavy (non-hydrogen) atoms. The van der Waals surface area contributed by atoms with Crippen LogP contribution in [0.25, 0.3) is 11.0 Å². The van der Waals surface area contributed by atoms with Gasteiger partial charge < -0.3 is 15.0 Å². The predicted octanol–water partition coefficient (Wildman–Crippen LogP) is 1.50. The molecule has 0 bridgehead atoms. The van der Waals surface area contributed by atoms with Crippen molar-refractivity contribution in [2.45, 2.75) is 45.0 Å². The number of rotatable bonds is 5. The van der Waals surface area contributed by atoms with Gasteiger partial charge in [0.15, 0.2) is 0 Å². The van der Waals surface area contributed by atoms with Gasteiger partial charge in [-0.1, -0.05) is 6.07 Å². The van der Waals surface area contributed by atoms with Gasteiger partial charge in [0.05, 0.1) is 29.5 Å². The molecule has 0 radical (unpaired) electrons. The Balaban J connectivity index is 1.36. The van der Waals surface area contributed by atoms with Crippen molar-refractivity contribution < 1.29 is 9.90 Å². The molecule has 4 rings (SSSR count). The number of hydrogen-bond donors (Lipinski definition) is 2. The van der Waals surface area contributed by atoms with E-state index in [2.05, 4.69) is 15.4 Å². The van der Waals surface area contributed by atoms with Gasteiger partial charge in [-0.3, -0.25) is 9.48 Å². The molecule has 3 atom stereocenters. The second-order valence-electron chi connectivity index (χ2n) is 7.17. The van der Waals surface area contributed by atoms with Gasteiger partial charge in [-0.2, -0.15) is 5.10 Å². The number of nitrogens with one attached hydrogen (secondary N) is 1. The van der Waals surface area contributed by atoms with Crippen LogP contribution in [-0.2, 0) is 17.9 Å².